The molecule has 2 N–H and O–H groups in total. The molecule has 4 aliphatic heterocycles. The predicted molar refractivity (Wildman–Crippen MR) is 130 cm³/mol. The zero-order chi connectivity index (χ0) is 25.0. The van der Waals surface area contributed by atoms with Crippen LogP contribution in [0.2, 0.25) is 0 Å². The Balaban J connectivity index is 1.42. The summed E-state index contributed by atoms with van der Waals surface area (Å²) in [5.74, 6) is 0.604. The molecule has 0 radical (unpaired) electrons. The average Bonchev–Trinajstić information content (AvgIpc) is 3.42. The van der Waals surface area contributed by atoms with E-state index in [1.165, 1.54) is 5.57 Å². The van der Waals surface area contributed by atoms with Crippen LogP contribution in [0.4, 0.5) is 5.69 Å². The second-order valence-corrected chi connectivity index (χ2v) is 11.2. The molecule has 0 saturated heterocycles. The van der Waals surface area contributed by atoms with Gasteiger partial charge in [-0.3, -0.25) is 14.4 Å². The molecule has 5 aliphatic rings. The summed E-state index contributed by atoms with van der Waals surface area (Å²) in [5, 5.41) is 6.65. The number of nitrogens with zero attached hydrogens (tertiary/aromatic N) is 1. The van der Waals surface area contributed by atoms with E-state index < -0.39 is 5.92 Å². The maximum atomic E-state index is 13.6. The Hall–Kier alpha value is -3.75. The Kier molecular flexibility index (Phi) is 4.14. The van der Waals surface area contributed by atoms with Gasteiger partial charge in [0, 0.05) is 35.1 Å². The van der Waals surface area contributed by atoms with Crippen molar-refractivity contribution in [3.63, 3.8) is 0 Å². The van der Waals surface area contributed by atoms with Crippen molar-refractivity contribution in [1.82, 2.24) is 9.88 Å². The molecule has 0 spiro atoms. The largest absolute Gasteiger partial charge is 0.460 e. The van der Waals surface area contributed by atoms with Gasteiger partial charge in [-0.05, 0) is 60.9 Å². The van der Waals surface area contributed by atoms with Gasteiger partial charge in [0.1, 0.15) is 6.61 Å². The number of cyclic esters (lactones) is 1. The van der Waals surface area contributed by atoms with Crippen molar-refractivity contribution in [1.29, 1.82) is 0 Å². The van der Waals surface area contributed by atoms with Gasteiger partial charge < -0.3 is 29.4 Å². The van der Waals surface area contributed by atoms with Gasteiger partial charge >= 0.3 is 5.97 Å². The molecule has 2 aromatic rings. The number of hydrogen-bond donors (Lipinski definition) is 2. The van der Waals surface area contributed by atoms with E-state index in [1.54, 1.807) is 6.92 Å². The van der Waals surface area contributed by atoms with Gasteiger partial charge in [0.2, 0.25) is 13.2 Å². The number of amides is 1. The number of aromatic nitrogens is 1. The minimum atomic E-state index is -0.483. The van der Waals surface area contributed by atoms with Crippen LogP contribution >= 0.6 is 0 Å². The van der Waals surface area contributed by atoms with E-state index in [1.807, 2.05) is 22.8 Å². The summed E-state index contributed by atoms with van der Waals surface area (Å²) in [4.78, 5) is 37.1. The molecule has 1 saturated carbocycles. The molecule has 1 amide bonds. The molecule has 9 nitrogen and oxygen atoms in total. The van der Waals surface area contributed by atoms with Crippen LogP contribution in [-0.4, -0.2) is 29.3 Å². The van der Waals surface area contributed by atoms with Gasteiger partial charge in [0.15, 0.2) is 11.5 Å². The number of hydrogen-bond acceptors (Lipinski definition) is 7. The third-order valence-corrected chi connectivity index (χ3v) is 8.59. The molecule has 7 rings (SSSR count). The predicted octanol–water partition coefficient (Wildman–Crippen LogP) is 2.98. The second kappa shape index (κ2) is 6.93. The number of rotatable bonds is 3. The van der Waals surface area contributed by atoms with E-state index in [4.69, 9.17) is 14.2 Å². The fourth-order valence-electron chi connectivity index (χ4n) is 7.28. The first-order valence-electron chi connectivity index (χ1n) is 12.3. The molecule has 1 fully saturated rings. The van der Waals surface area contributed by atoms with Gasteiger partial charge in [-0.1, -0.05) is 6.92 Å². The first-order valence-corrected chi connectivity index (χ1v) is 12.3. The highest BCUT2D eigenvalue weighted by Gasteiger charge is 2.54. The lowest BCUT2D eigenvalue weighted by atomic mass is 9.53. The maximum absolute atomic E-state index is 13.6. The van der Waals surface area contributed by atoms with Crippen molar-refractivity contribution in [3.8, 4) is 11.5 Å². The number of carbonyl (C=O) groups excluding carboxylic acids is 2. The van der Waals surface area contributed by atoms with Crippen LogP contribution in [0, 0.1) is 5.41 Å². The van der Waals surface area contributed by atoms with E-state index >= 15 is 0 Å². The van der Waals surface area contributed by atoms with Gasteiger partial charge in [-0.15, -0.1) is 0 Å². The average molecular weight is 490 g/mol. The summed E-state index contributed by atoms with van der Waals surface area (Å²) in [6, 6.07) is 5.79. The highest BCUT2D eigenvalue weighted by molar-refractivity contribution is 5.89. The summed E-state index contributed by atoms with van der Waals surface area (Å²) in [6.45, 7) is 6.73. The fourth-order valence-corrected chi connectivity index (χ4v) is 7.28. The number of ether oxygens (including phenoxy) is 3. The van der Waals surface area contributed by atoms with Crippen molar-refractivity contribution in [3.05, 3.63) is 56.5 Å². The van der Waals surface area contributed by atoms with Crippen molar-refractivity contribution >= 4 is 23.6 Å². The molecule has 2 atom stereocenters. The minimum absolute atomic E-state index is 0.0106. The fraction of sp³-hybridized carbons (Fsp3) is 0.444. The number of nitrogens with one attached hydrogen (secondary N) is 2. The van der Waals surface area contributed by atoms with Crippen molar-refractivity contribution in [2.24, 2.45) is 5.41 Å². The van der Waals surface area contributed by atoms with Crippen LogP contribution in [0.3, 0.4) is 0 Å². The van der Waals surface area contributed by atoms with Crippen molar-refractivity contribution < 1.29 is 23.8 Å². The lowest BCUT2D eigenvalue weighted by Crippen LogP contribution is -2.58. The van der Waals surface area contributed by atoms with Crippen LogP contribution in [0.15, 0.2) is 28.6 Å². The van der Waals surface area contributed by atoms with Crippen LogP contribution in [-0.2, 0) is 27.5 Å². The zero-order valence-corrected chi connectivity index (χ0v) is 20.4. The number of allylic oxidation sites excluding steroid dienone is 1. The minimum Gasteiger partial charge on any atom is -0.460 e. The number of anilines is 1. The molecule has 186 valence electrons. The standard InChI is InChI=1S/C27H27N3O6/c1-13-14-4-19-23-16(7-30(19)24(32)17(14)8-34-25(13)33)22(26(2)9-27(3,10-26)28-11-31)15-5-20-21(36-12-35-20)6-18(15)29-23/h4-6,11,13,23,29H,7-10,12H2,1-3H3,(H,28,31). The number of fused-ring (bicyclic) bond motifs is 6. The topological polar surface area (TPSA) is 108 Å². The third-order valence-electron chi connectivity index (χ3n) is 8.59. The monoisotopic (exact) mass is 489 g/mol. The van der Waals surface area contributed by atoms with Crippen LogP contribution in [0.25, 0.3) is 5.57 Å². The quantitative estimate of drug-likeness (QED) is 0.504. The van der Waals surface area contributed by atoms with Gasteiger partial charge in [-0.2, -0.15) is 0 Å². The number of esters is 1. The Labute approximate surface area is 207 Å². The van der Waals surface area contributed by atoms with E-state index in [2.05, 4.69) is 24.5 Å². The molecule has 1 aromatic heterocycles. The summed E-state index contributed by atoms with van der Waals surface area (Å²) in [5.41, 5.74) is 5.86. The molecular weight excluding hydrogens is 462 g/mol. The molecule has 2 unspecified atom stereocenters. The van der Waals surface area contributed by atoms with Crippen LogP contribution < -0.4 is 25.7 Å². The Morgan fingerprint density at radius 2 is 1.86 bits per heavy atom. The number of carbonyl (C=O) groups is 2. The summed E-state index contributed by atoms with van der Waals surface area (Å²) in [7, 11) is 0. The first-order chi connectivity index (χ1) is 17.2. The van der Waals surface area contributed by atoms with Crippen LogP contribution in [0.5, 0.6) is 11.5 Å². The first kappa shape index (κ1) is 21.5. The molecule has 36 heavy (non-hydrogen) atoms. The van der Waals surface area contributed by atoms with Crippen molar-refractivity contribution in [2.45, 2.75) is 64.3 Å². The highest BCUT2D eigenvalue weighted by Crippen LogP contribution is 2.62. The highest BCUT2D eigenvalue weighted by atomic mass is 16.7. The van der Waals surface area contributed by atoms with Crippen LogP contribution in [0.1, 0.15) is 68.0 Å². The summed E-state index contributed by atoms with van der Waals surface area (Å²) >= 11 is 0. The van der Waals surface area contributed by atoms with Crippen molar-refractivity contribution in [2.75, 3.05) is 12.1 Å². The maximum Gasteiger partial charge on any atom is 0.313 e. The Morgan fingerprint density at radius 1 is 1.11 bits per heavy atom. The number of benzene rings is 1. The van der Waals surface area contributed by atoms with E-state index in [0.717, 1.165) is 47.3 Å². The van der Waals surface area contributed by atoms with E-state index in [9.17, 15) is 14.4 Å². The molecule has 0 bridgehead atoms. The molecule has 9 heteroatoms. The number of pyridine rings is 1. The molecule has 1 aromatic carbocycles. The van der Waals surface area contributed by atoms with E-state index in [0.29, 0.717) is 23.6 Å². The SMILES string of the molecule is CC1C(=O)OCc2c1cc1n(c2=O)CC2=C(C3(C)CC(C)(NC=O)C3)c3cc4c(cc3NC21)OCO4. The lowest BCUT2D eigenvalue weighted by molar-refractivity contribution is -0.147. The molecule has 1 aliphatic carbocycles. The smallest absolute Gasteiger partial charge is 0.313 e. The normalized spacial score (nSPS) is 30.8. The lowest BCUT2D eigenvalue weighted by Gasteiger charge is -2.55. The zero-order valence-electron chi connectivity index (χ0n) is 20.4. The summed E-state index contributed by atoms with van der Waals surface area (Å²) < 4.78 is 18.5. The summed E-state index contributed by atoms with van der Waals surface area (Å²) in [6.07, 6.45) is 2.33. The molecule has 5 heterocycles. The van der Waals surface area contributed by atoms with Gasteiger partial charge in [0.25, 0.3) is 5.56 Å². The van der Waals surface area contributed by atoms with Gasteiger partial charge in [0.05, 0.1) is 17.5 Å². The second-order valence-electron chi connectivity index (χ2n) is 11.2. The Morgan fingerprint density at radius 3 is 2.61 bits per heavy atom. The Bertz CT molecular complexity index is 1460. The third kappa shape index (κ3) is 2.74. The van der Waals surface area contributed by atoms with Gasteiger partial charge in [-0.25, -0.2) is 0 Å². The molecular formula is C27H27N3O6. The van der Waals surface area contributed by atoms with E-state index in [-0.39, 0.29) is 41.9 Å².